The number of hydrogen-bond acceptors (Lipinski definition) is 4. The van der Waals surface area contributed by atoms with Crippen LogP contribution in [0.25, 0.3) is 0 Å². The summed E-state index contributed by atoms with van der Waals surface area (Å²) < 4.78 is 1.71. The Hall–Kier alpha value is -1.43. The molecule has 1 aliphatic heterocycles. The number of aromatic nitrogens is 3. The molecule has 2 heterocycles. The SMILES string of the molecule is CC(C)N(CC1CCNCC1)C(=O)CCn1ccnn1. The lowest BCUT2D eigenvalue weighted by molar-refractivity contribution is -0.134. The Bertz CT molecular complexity index is 398. The average Bonchev–Trinajstić information content (AvgIpc) is 2.96. The Kier molecular flexibility index (Phi) is 5.52. The Morgan fingerprint density at radius 1 is 1.45 bits per heavy atom. The smallest absolute Gasteiger partial charge is 0.224 e. The van der Waals surface area contributed by atoms with E-state index in [1.807, 2.05) is 4.90 Å². The van der Waals surface area contributed by atoms with Gasteiger partial charge in [0, 0.05) is 25.2 Å². The Morgan fingerprint density at radius 3 is 2.80 bits per heavy atom. The van der Waals surface area contributed by atoms with Crippen molar-refractivity contribution in [3.63, 3.8) is 0 Å². The molecule has 2 rings (SSSR count). The van der Waals surface area contributed by atoms with Gasteiger partial charge in [-0.3, -0.25) is 9.48 Å². The molecule has 0 aliphatic carbocycles. The molecule has 0 aromatic carbocycles. The van der Waals surface area contributed by atoms with E-state index in [0.717, 1.165) is 19.6 Å². The van der Waals surface area contributed by atoms with E-state index in [4.69, 9.17) is 0 Å². The van der Waals surface area contributed by atoms with Gasteiger partial charge in [0.15, 0.2) is 0 Å². The van der Waals surface area contributed by atoms with Crippen molar-refractivity contribution >= 4 is 5.91 Å². The molecule has 20 heavy (non-hydrogen) atoms. The number of nitrogens with one attached hydrogen (secondary N) is 1. The van der Waals surface area contributed by atoms with Gasteiger partial charge in [0.2, 0.25) is 5.91 Å². The van der Waals surface area contributed by atoms with Crippen LogP contribution in [0.2, 0.25) is 0 Å². The predicted octanol–water partition coefficient (Wildman–Crippen LogP) is 0.905. The maximum absolute atomic E-state index is 12.4. The summed E-state index contributed by atoms with van der Waals surface area (Å²) in [4.78, 5) is 14.4. The number of rotatable bonds is 6. The monoisotopic (exact) mass is 279 g/mol. The first-order valence-electron chi connectivity index (χ1n) is 7.51. The van der Waals surface area contributed by atoms with Crippen LogP contribution in [0.4, 0.5) is 0 Å². The summed E-state index contributed by atoms with van der Waals surface area (Å²) in [6, 6.07) is 0.258. The van der Waals surface area contributed by atoms with Crippen molar-refractivity contribution in [1.29, 1.82) is 0 Å². The van der Waals surface area contributed by atoms with Gasteiger partial charge < -0.3 is 10.2 Å². The minimum absolute atomic E-state index is 0.217. The highest BCUT2D eigenvalue weighted by Gasteiger charge is 2.22. The third-order valence-electron chi connectivity index (χ3n) is 3.88. The number of aryl methyl sites for hydroxylation is 1. The largest absolute Gasteiger partial charge is 0.340 e. The van der Waals surface area contributed by atoms with E-state index in [-0.39, 0.29) is 11.9 Å². The fourth-order valence-corrected chi connectivity index (χ4v) is 2.65. The molecule has 0 atom stereocenters. The molecule has 1 fully saturated rings. The van der Waals surface area contributed by atoms with Crippen LogP contribution in [-0.2, 0) is 11.3 Å². The molecule has 0 radical (unpaired) electrons. The van der Waals surface area contributed by atoms with Crippen LogP contribution in [0.3, 0.4) is 0 Å². The van der Waals surface area contributed by atoms with E-state index >= 15 is 0 Å². The van der Waals surface area contributed by atoms with Crippen molar-refractivity contribution in [3.05, 3.63) is 12.4 Å². The van der Waals surface area contributed by atoms with Crippen molar-refractivity contribution < 1.29 is 4.79 Å². The van der Waals surface area contributed by atoms with Gasteiger partial charge in [0.05, 0.1) is 12.7 Å². The number of carbonyl (C=O) groups excluding carboxylic acids is 1. The fraction of sp³-hybridized carbons (Fsp3) is 0.786. The molecule has 1 N–H and O–H groups in total. The van der Waals surface area contributed by atoms with Crippen LogP contribution in [0.1, 0.15) is 33.1 Å². The van der Waals surface area contributed by atoms with Crippen LogP contribution in [0.5, 0.6) is 0 Å². The van der Waals surface area contributed by atoms with Crippen LogP contribution in [0.15, 0.2) is 12.4 Å². The van der Waals surface area contributed by atoms with Gasteiger partial charge in [-0.15, -0.1) is 5.10 Å². The van der Waals surface area contributed by atoms with E-state index in [1.54, 1.807) is 17.1 Å². The second-order valence-corrected chi connectivity index (χ2v) is 5.75. The fourth-order valence-electron chi connectivity index (χ4n) is 2.65. The Labute approximate surface area is 120 Å². The molecule has 0 bridgehead atoms. The second kappa shape index (κ2) is 7.38. The highest BCUT2D eigenvalue weighted by molar-refractivity contribution is 5.76. The molecule has 0 spiro atoms. The van der Waals surface area contributed by atoms with Gasteiger partial charge in [-0.2, -0.15) is 0 Å². The van der Waals surface area contributed by atoms with Crippen molar-refractivity contribution in [3.8, 4) is 0 Å². The van der Waals surface area contributed by atoms with Crippen LogP contribution in [-0.4, -0.2) is 51.5 Å². The number of carbonyl (C=O) groups is 1. The molecular formula is C14H25N5O. The summed E-state index contributed by atoms with van der Waals surface area (Å²) in [5, 5.41) is 11.0. The third kappa shape index (κ3) is 4.30. The van der Waals surface area contributed by atoms with E-state index in [2.05, 4.69) is 29.5 Å². The van der Waals surface area contributed by atoms with Gasteiger partial charge in [0.25, 0.3) is 0 Å². The van der Waals surface area contributed by atoms with Crippen molar-refractivity contribution in [2.75, 3.05) is 19.6 Å². The first-order chi connectivity index (χ1) is 9.66. The zero-order valence-corrected chi connectivity index (χ0v) is 12.5. The van der Waals surface area contributed by atoms with Gasteiger partial charge in [-0.1, -0.05) is 5.21 Å². The number of hydrogen-bond donors (Lipinski definition) is 1. The third-order valence-corrected chi connectivity index (χ3v) is 3.88. The van der Waals surface area contributed by atoms with Crippen molar-refractivity contribution in [2.24, 2.45) is 5.92 Å². The summed E-state index contributed by atoms with van der Waals surface area (Å²) >= 11 is 0. The van der Waals surface area contributed by atoms with E-state index in [0.29, 0.717) is 18.9 Å². The highest BCUT2D eigenvalue weighted by atomic mass is 16.2. The van der Waals surface area contributed by atoms with Gasteiger partial charge in [-0.05, 0) is 45.7 Å². The van der Waals surface area contributed by atoms with Crippen LogP contribution >= 0.6 is 0 Å². The van der Waals surface area contributed by atoms with Crippen molar-refractivity contribution in [2.45, 2.75) is 45.7 Å². The lowest BCUT2D eigenvalue weighted by Crippen LogP contribution is -2.43. The summed E-state index contributed by atoms with van der Waals surface area (Å²) in [6.07, 6.45) is 6.26. The molecule has 1 amide bonds. The number of piperidine rings is 1. The average molecular weight is 279 g/mol. The molecular weight excluding hydrogens is 254 g/mol. The molecule has 1 aromatic rings. The van der Waals surface area contributed by atoms with Crippen molar-refractivity contribution in [1.82, 2.24) is 25.2 Å². The highest BCUT2D eigenvalue weighted by Crippen LogP contribution is 2.16. The maximum atomic E-state index is 12.4. The van der Waals surface area contributed by atoms with Crippen LogP contribution in [0, 0.1) is 5.92 Å². The lowest BCUT2D eigenvalue weighted by atomic mass is 9.97. The van der Waals surface area contributed by atoms with Gasteiger partial charge >= 0.3 is 0 Å². The maximum Gasteiger partial charge on any atom is 0.224 e. The standard InChI is InChI=1S/C14H25N5O/c1-12(2)19(11-13-3-6-15-7-4-13)14(20)5-9-18-10-8-16-17-18/h8,10,12-13,15H,3-7,9,11H2,1-2H3. The second-order valence-electron chi connectivity index (χ2n) is 5.75. The summed E-state index contributed by atoms with van der Waals surface area (Å²) in [6.45, 7) is 7.82. The summed E-state index contributed by atoms with van der Waals surface area (Å²) in [7, 11) is 0. The Morgan fingerprint density at radius 2 is 2.20 bits per heavy atom. The van der Waals surface area contributed by atoms with Crippen LogP contribution < -0.4 is 5.32 Å². The topological polar surface area (TPSA) is 63.1 Å². The van der Waals surface area contributed by atoms with E-state index in [1.165, 1.54) is 12.8 Å². The zero-order valence-electron chi connectivity index (χ0n) is 12.5. The molecule has 1 saturated heterocycles. The summed E-state index contributed by atoms with van der Waals surface area (Å²) in [5.41, 5.74) is 0. The lowest BCUT2D eigenvalue weighted by Gasteiger charge is -2.33. The van der Waals surface area contributed by atoms with E-state index in [9.17, 15) is 4.79 Å². The molecule has 0 unspecified atom stereocenters. The molecule has 1 aliphatic rings. The number of amides is 1. The summed E-state index contributed by atoms with van der Waals surface area (Å²) in [5.74, 6) is 0.850. The first kappa shape index (κ1) is 15.0. The molecule has 6 heteroatoms. The molecule has 6 nitrogen and oxygen atoms in total. The minimum Gasteiger partial charge on any atom is -0.340 e. The number of nitrogens with zero attached hydrogens (tertiary/aromatic N) is 4. The van der Waals surface area contributed by atoms with Gasteiger partial charge in [-0.25, -0.2) is 0 Å². The quantitative estimate of drug-likeness (QED) is 0.840. The molecule has 112 valence electrons. The zero-order chi connectivity index (χ0) is 14.4. The predicted molar refractivity (Wildman–Crippen MR) is 77.1 cm³/mol. The Balaban J connectivity index is 1.84. The normalized spacial score (nSPS) is 16.6. The first-order valence-corrected chi connectivity index (χ1v) is 7.51. The van der Waals surface area contributed by atoms with Gasteiger partial charge in [0.1, 0.15) is 0 Å². The molecule has 1 aromatic heterocycles. The van der Waals surface area contributed by atoms with E-state index < -0.39 is 0 Å². The molecule has 0 saturated carbocycles. The minimum atomic E-state index is 0.217.